The van der Waals surface area contributed by atoms with Gasteiger partial charge in [0.05, 0.1) is 33.4 Å². The number of anilines is 1. The molecule has 0 N–H and O–H groups in total. The van der Waals surface area contributed by atoms with Gasteiger partial charge in [0.15, 0.2) is 11.5 Å². The zero-order valence-corrected chi connectivity index (χ0v) is 16.6. The molecule has 28 heavy (non-hydrogen) atoms. The predicted octanol–water partition coefficient (Wildman–Crippen LogP) is 1.94. The van der Waals surface area contributed by atoms with Crippen molar-refractivity contribution in [1.82, 2.24) is 4.90 Å². The van der Waals surface area contributed by atoms with Crippen molar-refractivity contribution in [2.24, 2.45) is 17.8 Å². The predicted molar refractivity (Wildman–Crippen MR) is 104 cm³/mol. The molecule has 2 atom stereocenters. The summed E-state index contributed by atoms with van der Waals surface area (Å²) in [6, 6.07) is 5.39. The van der Waals surface area contributed by atoms with Gasteiger partial charge in [-0.3, -0.25) is 9.59 Å². The first-order chi connectivity index (χ1) is 13.6. The van der Waals surface area contributed by atoms with Gasteiger partial charge in [-0.15, -0.1) is 0 Å². The number of carbonyl (C=O) groups is 2. The number of ether oxygens (including phenoxy) is 3. The van der Waals surface area contributed by atoms with Gasteiger partial charge < -0.3 is 24.0 Å². The van der Waals surface area contributed by atoms with E-state index in [9.17, 15) is 9.59 Å². The van der Waals surface area contributed by atoms with E-state index < -0.39 is 0 Å². The normalized spacial score (nSPS) is 25.6. The molecule has 2 saturated heterocycles. The number of benzene rings is 1. The first kappa shape index (κ1) is 19.1. The second kappa shape index (κ2) is 7.99. The average Bonchev–Trinajstić information content (AvgIpc) is 3.51. The molecule has 7 heteroatoms. The van der Waals surface area contributed by atoms with Crippen molar-refractivity contribution in [3.8, 4) is 11.5 Å². The minimum Gasteiger partial charge on any atom is -0.493 e. The van der Waals surface area contributed by atoms with Gasteiger partial charge in [0, 0.05) is 43.7 Å². The largest absolute Gasteiger partial charge is 0.493 e. The lowest BCUT2D eigenvalue weighted by Crippen LogP contribution is -2.41. The van der Waals surface area contributed by atoms with Crippen molar-refractivity contribution in [2.45, 2.75) is 19.3 Å². The standard InChI is InChI=1S/C21H28N2O5/c1-26-18-6-5-17(10-19(18)27-2)23-12-15(9-20(23)24)21(25)22-7-8-28-13-16(11-22)14-3-4-14/h5-6,10,14-16H,3-4,7-9,11-13H2,1-2H3. The summed E-state index contributed by atoms with van der Waals surface area (Å²) in [6.07, 6.45) is 2.73. The van der Waals surface area contributed by atoms with Gasteiger partial charge in [0.1, 0.15) is 0 Å². The molecule has 1 aromatic carbocycles. The maximum atomic E-state index is 13.1. The Hall–Kier alpha value is -2.28. The summed E-state index contributed by atoms with van der Waals surface area (Å²) in [5.74, 6) is 2.05. The second-order valence-corrected chi connectivity index (χ2v) is 7.90. The third-order valence-electron chi connectivity index (χ3n) is 6.05. The Bertz CT molecular complexity index is 748. The first-order valence-corrected chi connectivity index (χ1v) is 9.99. The van der Waals surface area contributed by atoms with Gasteiger partial charge >= 0.3 is 0 Å². The molecule has 0 bridgehead atoms. The number of methoxy groups -OCH3 is 2. The van der Waals surface area contributed by atoms with Crippen molar-refractivity contribution in [2.75, 3.05) is 52.0 Å². The quantitative estimate of drug-likeness (QED) is 0.771. The summed E-state index contributed by atoms with van der Waals surface area (Å²) in [5.41, 5.74) is 0.730. The van der Waals surface area contributed by atoms with Crippen LogP contribution in [0.25, 0.3) is 0 Å². The van der Waals surface area contributed by atoms with Gasteiger partial charge in [-0.2, -0.15) is 0 Å². The third kappa shape index (κ3) is 3.81. The van der Waals surface area contributed by atoms with E-state index in [1.54, 1.807) is 31.3 Å². The van der Waals surface area contributed by atoms with Gasteiger partial charge in [0.2, 0.25) is 11.8 Å². The molecule has 3 aliphatic rings. The van der Waals surface area contributed by atoms with Crippen LogP contribution in [0.3, 0.4) is 0 Å². The van der Waals surface area contributed by atoms with Gasteiger partial charge in [0.25, 0.3) is 0 Å². The minimum atomic E-state index is -0.307. The van der Waals surface area contributed by atoms with Gasteiger partial charge in [-0.25, -0.2) is 0 Å². The van der Waals surface area contributed by atoms with Crippen molar-refractivity contribution in [3.05, 3.63) is 18.2 Å². The molecule has 0 spiro atoms. The Morgan fingerprint density at radius 3 is 2.61 bits per heavy atom. The number of hydrogen-bond acceptors (Lipinski definition) is 5. The number of carbonyl (C=O) groups excluding carboxylic acids is 2. The molecule has 152 valence electrons. The number of hydrogen-bond donors (Lipinski definition) is 0. The maximum Gasteiger partial charge on any atom is 0.228 e. The van der Waals surface area contributed by atoms with E-state index in [2.05, 4.69) is 0 Å². The van der Waals surface area contributed by atoms with Crippen LogP contribution in [0.5, 0.6) is 11.5 Å². The summed E-state index contributed by atoms with van der Waals surface area (Å²) in [5, 5.41) is 0. The van der Waals surface area contributed by atoms with Crippen LogP contribution >= 0.6 is 0 Å². The fourth-order valence-corrected chi connectivity index (χ4v) is 4.26. The van der Waals surface area contributed by atoms with E-state index in [1.165, 1.54) is 12.8 Å². The van der Waals surface area contributed by atoms with Crippen LogP contribution in [0.2, 0.25) is 0 Å². The maximum absolute atomic E-state index is 13.1. The van der Waals surface area contributed by atoms with Crippen LogP contribution in [-0.4, -0.2) is 63.8 Å². The molecule has 1 aromatic rings. The average molecular weight is 388 g/mol. The highest BCUT2D eigenvalue weighted by atomic mass is 16.5. The highest BCUT2D eigenvalue weighted by molar-refractivity contribution is 6.00. The highest BCUT2D eigenvalue weighted by Gasteiger charge is 2.40. The third-order valence-corrected chi connectivity index (χ3v) is 6.05. The molecule has 2 heterocycles. The van der Waals surface area contributed by atoms with Crippen LogP contribution in [0.15, 0.2) is 18.2 Å². The molecule has 2 aliphatic heterocycles. The molecule has 3 fully saturated rings. The van der Waals surface area contributed by atoms with Gasteiger partial charge in [-0.05, 0) is 30.9 Å². The SMILES string of the molecule is COc1ccc(N2CC(C(=O)N3CCOCC(C4CC4)C3)CC2=O)cc1OC. The number of nitrogens with zero attached hydrogens (tertiary/aromatic N) is 2. The second-order valence-electron chi connectivity index (χ2n) is 7.90. The highest BCUT2D eigenvalue weighted by Crippen LogP contribution is 2.39. The lowest BCUT2D eigenvalue weighted by Gasteiger charge is -2.26. The number of rotatable bonds is 5. The van der Waals surface area contributed by atoms with Crippen LogP contribution in [-0.2, 0) is 14.3 Å². The van der Waals surface area contributed by atoms with E-state index in [1.807, 2.05) is 11.0 Å². The van der Waals surface area contributed by atoms with E-state index in [0.29, 0.717) is 43.0 Å². The van der Waals surface area contributed by atoms with Crippen LogP contribution in [0.1, 0.15) is 19.3 Å². The molecule has 7 nitrogen and oxygen atoms in total. The smallest absolute Gasteiger partial charge is 0.228 e. The van der Waals surface area contributed by atoms with E-state index in [4.69, 9.17) is 14.2 Å². The van der Waals surface area contributed by atoms with Crippen LogP contribution in [0.4, 0.5) is 5.69 Å². The minimum absolute atomic E-state index is 0.0321. The Kier molecular flexibility index (Phi) is 5.44. The summed E-state index contributed by atoms with van der Waals surface area (Å²) in [4.78, 5) is 29.4. The molecule has 1 saturated carbocycles. The van der Waals surface area contributed by atoms with E-state index in [-0.39, 0.29) is 24.2 Å². The topological polar surface area (TPSA) is 68.3 Å². The molecule has 0 aromatic heterocycles. The Morgan fingerprint density at radius 2 is 1.89 bits per heavy atom. The lowest BCUT2D eigenvalue weighted by atomic mass is 10.0. The molecular formula is C21H28N2O5. The van der Waals surface area contributed by atoms with Crippen LogP contribution < -0.4 is 14.4 Å². The monoisotopic (exact) mass is 388 g/mol. The summed E-state index contributed by atoms with van der Waals surface area (Å²) >= 11 is 0. The zero-order valence-electron chi connectivity index (χ0n) is 16.6. The van der Waals surface area contributed by atoms with E-state index in [0.717, 1.165) is 18.8 Å². The van der Waals surface area contributed by atoms with Crippen molar-refractivity contribution in [3.63, 3.8) is 0 Å². The van der Waals surface area contributed by atoms with Crippen LogP contribution in [0, 0.1) is 17.8 Å². The Morgan fingerprint density at radius 1 is 1.11 bits per heavy atom. The van der Waals surface area contributed by atoms with Crippen molar-refractivity contribution >= 4 is 17.5 Å². The lowest BCUT2D eigenvalue weighted by molar-refractivity contribution is -0.136. The van der Waals surface area contributed by atoms with Crippen molar-refractivity contribution < 1.29 is 23.8 Å². The molecule has 2 amide bonds. The molecule has 0 radical (unpaired) electrons. The Balaban J connectivity index is 1.45. The molecular weight excluding hydrogens is 360 g/mol. The molecule has 2 unspecified atom stereocenters. The fraction of sp³-hybridized carbons (Fsp3) is 0.619. The summed E-state index contributed by atoms with van der Waals surface area (Å²) < 4.78 is 16.3. The molecule has 1 aliphatic carbocycles. The summed E-state index contributed by atoms with van der Waals surface area (Å²) in [7, 11) is 3.14. The first-order valence-electron chi connectivity index (χ1n) is 9.99. The van der Waals surface area contributed by atoms with Gasteiger partial charge in [-0.1, -0.05) is 0 Å². The Labute approximate surface area is 165 Å². The number of amides is 2. The fourth-order valence-electron chi connectivity index (χ4n) is 4.26. The molecule has 4 rings (SSSR count). The summed E-state index contributed by atoms with van der Waals surface area (Å²) in [6.45, 7) is 3.09. The zero-order chi connectivity index (χ0) is 19.7. The van der Waals surface area contributed by atoms with Crippen molar-refractivity contribution in [1.29, 1.82) is 0 Å². The van der Waals surface area contributed by atoms with E-state index >= 15 is 0 Å².